The predicted molar refractivity (Wildman–Crippen MR) is 92.2 cm³/mol. The van der Waals surface area contributed by atoms with E-state index < -0.39 is 0 Å². The van der Waals surface area contributed by atoms with Crippen molar-refractivity contribution in [1.29, 1.82) is 0 Å². The molecule has 0 spiro atoms. The second kappa shape index (κ2) is 6.95. The summed E-state index contributed by atoms with van der Waals surface area (Å²) in [6, 6.07) is 8.49. The molecule has 0 N–H and O–H groups in total. The van der Waals surface area contributed by atoms with Crippen LogP contribution in [0.5, 0.6) is 0 Å². The molecule has 1 aromatic carbocycles. The fourth-order valence-electron chi connectivity index (χ4n) is 2.88. The van der Waals surface area contributed by atoms with E-state index in [1.54, 1.807) is 0 Å². The van der Waals surface area contributed by atoms with Crippen LogP contribution in [0.3, 0.4) is 0 Å². The molecule has 0 aliphatic carbocycles. The SMILES string of the molecule is CC(C)(C)c1ccc(C(=O)N2CCCCCC2CBr)cc1. The van der Waals surface area contributed by atoms with Crippen molar-refractivity contribution in [3.8, 4) is 0 Å². The highest BCUT2D eigenvalue weighted by Gasteiger charge is 2.25. The van der Waals surface area contributed by atoms with Crippen LogP contribution in [0.25, 0.3) is 0 Å². The summed E-state index contributed by atoms with van der Waals surface area (Å²) >= 11 is 3.57. The second-order valence-electron chi connectivity index (χ2n) is 6.98. The van der Waals surface area contributed by atoms with Gasteiger partial charge in [-0.05, 0) is 36.0 Å². The molecule has 21 heavy (non-hydrogen) atoms. The number of alkyl halides is 1. The van der Waals surface area contributed by atoms with Crippen LogP contribution < -0.4 is 0 Å². The monoisotopic (exact) mass is 351 g/mol. The van der Waals surface area contributed by atoms with E-state index in [0.29, 0.717) is 6.04 Å². The lowest BCUT2D eigenvalue weighted by atomic mass is 9.86. The van der Waals surface area contributed by atoms with E-state index in [4.69, 9.17) is 0 Å². The first-order chi connectivity index (χ1) is 9.93. The number of halogens is 1. The zero-order valence-corrected chi connectivity index (χ0v) is 14.9. The van der Waals surface area contributed by atoms with Crippen molar-refractivity contribution >= 4 is 21.8 Å². The summed E-state index contributed by atoms with van der Waals surface area (Å²) in [6.07, 6.45) is 4.69. The molecular weight excluding hydrogens is 326 g/mol. The van der Waals surface area contributed by atoms with Crippen LogP contribution in [0.4, 0.5) is 0 Å². The van der Waals surface area contributed by atoms with E-state index >= 15 is 0 Å². The number of hydrogen-bond donors (Lipinski definition) is 0. The van der Waals surface area contributed by atoms with Crippen LogP contribution in [-0.4, -0.2) is 28.7 Å². The summed E-state index contributed by atoms with van der Waals surface area (Å²) in [5.41, 5.74) is 2.21. The van der Waals surface area contributed by atoms with Gasteiger partial charge in [0.25, 0.3) is 5.91 Å². The molecule has 1 aromatic rings. The number of amides is 1. The normalized spacial score (nSPS) is 20.2. The van der Waals surface area contributed by atoms with Crippen molar-refractivity contribution in [2.45, 2.75) is 57.9 Å². The molecule has 0 saturated carbocycles. The minimum Gasteiger partial charge on any atom is -0.335 e. The lowest BCUT2D eigenvalue weighted by molar-refractivity contribution is 0.0702. The van der Waals surface area contributed by atoms with Gasteiger partial charge in [0.1, 0.15) is 0 Å². The highest BCUT2D eigenvalue weighted by molar-refractivity contribution is 9.09. The number of benzene rings is 1. The molecule has 1 amide bonds. The fraction of sp³-hybridized carbons (Fsp3) is 0.611. The van der Waals surface area contributed by atoms with E-state index in [1.165, 1.54) is 18.4 Å². The van der Waals surface area contributed by atoms with Gasteiger partial charge < -0.3 is 4.90 Å². The maximum atomic E-state index is 12.8. The molecule has 1 atom stereocenters. The van der Waals surface area contributed by atoms with Gasteiger partial charge in [0, 0.05) is 23.5 Å². The Kier molecular flexibility index (Phi) is 5.48. The summed E-state index contributed by atoms with van der Waals surface area (Å²) in [5, 5.41) is 0.874. The third-order valence-electron chi connectivity index (χ3n) is 4.31. The highest BCUT2D eigenvalue weighted by atomic mass is 79.9. The number of likely N-dealkylation sites (tertiary alicyclic amines) is 1. The minimum atomic E-state index is 0.128. The highest BCUT2D eigenvalue weighted by Crippen LogP contribution is 2.24. The molecule has 2 nitrogen and oxygen atoms in total. The molecule has 116 valence electrons. The molecule has 1 aliphatic heterocycles. The Labute approximate surface area is 137 Å². The summed E-state index contributed by atoms with van der Waals surface area (Å²) < 4.78 is 0. The smallest absolute Gasteiger partial charge is 0.254 e. The first-order valence-corrected chi connectivity index (χ1v) is 9.03. The van der Waals surface area contributed by atoms with Crippen molar-refractivity contribution in [2.24, 2.45) is 0 Å². The molecule has 1 saturated heterocycles. The van der Waals surface area contributed by atoms with Gasteiger partial charge in [0.15, 0.2) is 0 Å². The minimum absolute atomic E-state index is 0.128. The first-order valence-electron chi connectivity index (χ1n) is 7.91. The standard InChI is InChI=1S/C18H26BrNO/c1-18(2,3)15-10-8-14(9-11-15)17(21)20-12-6-4-5-7-16(20)13-19/h8-11,16H,4-7,12-13H2,1-3H3. The Morgan fingerprint density at radius 3 is 2.43 bits per heavy atom. The zero-order chi connectivity index (χ0) is 15.5. The molecular formula is C18H26BrNO. The van der Waals surface area contributed by atoms with E-state index in [1.807, 2.05) is 12.1 Å². The van der Waals surface area contributed by atoms with Crippen LogP contribution in [-0.2, 0) is 5.41 Å². The maximum absolute atomic E-state index is 12.8. The van der Waals surface area contributed by atoms with Gasteiger partial charge in [-0.3, -0.25) is 4.79 Å². The number of nitrogens with zero attached hydrogens (tertiary/aromatic N) is 1. The molecule has 1 fully saturated rings. The Balaban J connectivity index is 2.18. The molecule has 0 bridgehead atoms. The summed E-state index contributed by atoms with van der Waals surface area (Å²) in [6.45, 7) is 7.47. The van der Waals surface area contributed by atoms with Gasteiger partial charge in [0.2, 0.25) is 0 Å². The van der Waals surface area contributed by atoms with Crippen molar-refractivity contribution in [2.75, 3.05) is 11.9 Å². The van der Waals surface area contributed by atoms with E-state index in [9.17, 15) is 4.79 Å². The van der Waals surface area contributed by atoms with Gasteiger partial charge >= 0.3 is 0 Å². The second-order valence-corrected chi connectivity index (χ2v) is 7.63. The quantitative estimate of drug-likeness (QED) is 0.703. The average Bonchev–Trinajstić information content (AvgIpc) is 2.70. The van der Waals surface area contributed by atoms with Gasteiger partial charge in [-0.25, -0.2) is 0 Å². The van der Waals surface area contributed by atoms with Gasteiger partial charge in [-0.2, -0.15) is 0 Å². The lowest BCUT2D eigenvalue weighted by Crippen LogP contribution is -2.41. The van der Waals surface area contributed by atoms with Crippen LogP contribution in [0.15, 0.2) is 24.3 Å². The number of rotatable bonds is 2. The Hall–Kier alpha value is -0.830. The largest absolute Gasteiger partial charge is 0.335 e. The average molecular weight is 352 g/mol. The van der Waals surface area contributed by atoms with Gasteiger partial charge in [-0.15, -0.1) is 0 Å². The predicted octanol–water partition coefficient (Wildman–Crippen LogP) is 4.76. The van der Waals surface area contributed by atoms with E-state index in [-0.39, 0.29) is 11.3 Å². The number of carbonyl (C=O) groups excluding carboxylic acids is 1. The van der Waals surface area contributed by atoms with Crippen molar-refractivity contribution in [3.63, 3.8) is 0 Å². The Morgan fingerprint density at radius 2 is 1.86 bits per heavy atom. The number of carbonyl (C=O) groups is 1. The van der Waals surface area contributed by atoms with Crippen molar-refractivity contribution < 1.29 is 4.79 Å². The van der Waals surface area contributed by atoms with Crippen LogP contribution in [0.2, 0.25) is 0 Å². The molecule has 2 rings (SSSR count). The van der Waals surface area contributed by atoms with Gasteiger partial charge in [0.05, 0.1) is 0 Å². The van der Waals surface area contributed by atoms with Gasteiger partial charge in [-0.1, -0.05) is 61.7 Å². The molecule has 1 aliphatic rings. The molecule has 0 aromatic heterocycles. The van der Waals surface area contributed by atoms with Crippen LogP contribution >= 0.6 is 15.9 Å². The summed E-state index contributed by atoms with van der Waals surface area (Å²) in [7, 11) is 0. The zero-order valence-electron chi connectivity index (χ0n) is 13.4. The third kappa shape index (κ3) is 4.09. The van der Waals surface area contributed by atoms with Crippen LogP contribution in [0, 0.1) is 0 Å². The Morgan fingerprint density at radius 1 is 1.19 bits per heavy atom. The van der Waals surface area contributed by atoms with Crippen molar-refractivity contribution in [3.05, 3.63) is 35.4 Å². The summed E-state index contributed by atoms with van der Waals surface area (Å²) in [4.78, 5) is 14.9. The molecule has 3 heteroatoms. The number of hydrogen-bond acceptors (Lipinski definition) is 1. The van der Waals surface area contributed by atoms with Crippen molar-refractivity contribution in [1.82, 2.24) is 4.90 Å². The third-order valence-corrected chi connectivity index (χ3v) is 5.06. The van der Waals surface area contributed by atoms with E-state index in [2.05, 4.69) is 53.7 Å². The Bertz CT molecular complexity index is 475. The maximum Gasteiger partial charge on any atom is 0.254 e. The van der Waals surface area contributed by atoms with Crippen LogP contribution in [0.1, 0.15) is 62.4 Å². The lowest BCUT2D eigenvalue weighted by Gasteiger charge is -2.29. The molecule has 1 unspecified atom stereocenters. The molecule has 1 heterocycles. The first kappa shape index (κ1) is 16.5. The van der Waals surface area contributed by atoms with E-state index in [0.717, 1.165) is 30.3 Å². The fourth-order valence-corrected chi connectivity index (χ4v) is 3.56. The summed E-state index contributed by atoms with van der Waals surface area (Å²) in [5.74, 6) is 0.182. The topological polar surface area (TPSA) is 20.3 Å². The molecule has 0 radical (unpaired) electrons.